The van der Waals surface area contributed by atoms with E-state index in [4.69, 9.17) is 15.7 Å². The topological polar surface area (TPSA) is 130 Å². The van der Waals surface area contributed by atoms with Gasteiger partial charge < -0.3 is 20.7 Å². The summed E-state index contributed by atoms with van der Waals surface area (Å²) in [5.74, 6) is -0.128. The zero-order valence-corrected chi connectivity index (χ0v) is 20.4. The van der Waals surface area contributed by atoms with Crippen LogP contribution in [-0.4, -0.2) is 59.1 Å². The Bertz CT molecular complexity index is 1200. The summed E-state index contributed by atoms with van der Waals surface area (Å²) in [7, 11) is 0. The van der Waals surface area contributed by atoms with Crippen LogP contribution in [0.5, 0.6) is 5.75 Å². The van der Waals surface area contributed by atoms with Gasteiger partial charge >= 0.3 is 0 Å². The van der Waals surface area contributed by atoms with Gasteiger partial charge in [0.15, 0.2) is 0 Å². The Morgan fingerprint density at radius 3 is 2.72 bits per heavy atom. The third kappa shape index (κ3) is 6.37. The van der Waals surface area contributed by atoms with Crippen LogP contribution < -0.4 is 21.3 Å². The number of piperidine rings is 1. The lowest BCUT2D eigenvalue weighted by molar-refractivity contribution is -0.130. The van der Waals surface area contributed by atoms with Gasteiger partial charge in [-0.25, -0.2) is 5.48 Å². The summed E-state index contributed by atoms with van der Waals surface area (Å²) in [4.78, 5) is 31.5. The molecule has 3 aromatic rings. The molecule has 2 aromatic carbocycles. The third-order valence-electron chi connectivity index (χ3n) is 6.59. The predicted octanol–water partition coefficient (Wildman–Crippen LogP) is 2.40. The molecule has 0 unspecified atom stereocenters. The van der Waals surface area contributed by atoms with Crippen LogP contribution in [0.3, 0.4) is 0 Å². The van der Waals surface area contributed by atoms with Crippen molar-refractivity contribution in [2.24, 2.45) is 11.7 Å². The number of likely N-dealkylation sites (tertiary alicyclic amines) is 1. The molecule has 0 spiro atoms. The van der Waals surface area contributed by atoms with E-state index in [0.29, 0.717) is 37.4 Å². The van der Waals surface area contributed by atoms with Gasteiger partial charge in [0.25, 0.3) is 5.91 Å². The number of nitrogens with one attached hydrogen (secondary N) is 2. The minimum absolute atomic E-state index is 0.123. The van der Waals surface area contributed by atoms with E-state index in [1.807, 2.05) is 37.3 Å². The number of amides is 2. The molecule has 0 saturated carbocycles. The number of aromatic nitrogens is 1. The predicted molar refractivity (Wildman–Crippen MR) is 137 cm³/mol. The van der Waals surface area contributed by atoms with Crippen LogP contribution in [0.4, 0.5) is 0 Å². The molecule has 1 aromatic heterocycles. The Labute approximate surface area is 210 Å². The summed E-state index contributed by atoms with van der Waals surface area (Å²) in [6.07, 6.45) is 0.827. The van der Waals surface area contributed by atoms with Gasteiger partial charge in [-0.15, -0.1) is 0 Å². The highest BCUT2D eigenvalue weighted by molar-refractivity contribution is 5.94. The molecule has 1 aliphatic rings. The Morgan fingerprint density at radius 2 is 1.97 bits per heavy atom. The van der Waals surface area contributed by atoms with E-state index in [2.05, 4.69) is 15.2 Å². The smallest absolute Gasteiger partial charge is 0.251 e. The Morgan fingerprint density at radius 1 is 1.19 bits per heavy atom. The average molecular weight is 492 g/mol. The molecule has 36 heavy (non-hydrogen) atoms. The van der Waals surface area contributed by atoms with Crippen molar-refractivity contribution in [2.75, 3.05) is 26.2 Å². The van der Waals surface area contributed by atoms with Crippen molar-refractivity contribution in [3.05, 3.63) is 71.4 Å². The second kappa shape index (κ2) is 11.9. The van der Waals surface area contributed by atoms with Gasteiger partial charge in [-0.3, -0.25) is 19.8 Å². The molecule has 1 fully saturated rings. The van der Waals surface area contributed by atoms with Gasteiger partial charge in [0.1, 0.15) is 12.4 Å². The second-order valence-electron chi connectivity index (χ2n) is 9.21. The van der Waals surface area contributed by atoms with Crippen LogP contribution in [0.25, 0.3) is 10.9 Å². The first-order valence-electron chi connectivity index (χ1n) is 12.2. The maximum absolute atomic E-state index is 13.0. The second-order valence-corrected chi connectivity index (χ2v) is 9.21. The number of aryl methyl sites for hydroxylation is 1. The van der Waals surface area contributed by atoms with E-state index in [-0.39, 0.29) is 24.3 Å². The monoisotopic (exact) mass is 491 g/mol. The first-order chi connectivity index (χ1) is 17.5. The number of para-hydroxylation sites is 1. The zero-order valence-electron chi connectivity index (χ0n) is 20.4. The number of hydrogen-bond donors (Lipinski definition) is 4. The van der Waals surface area contributed by atoms with Crippen molar-refractivity contribution < 1.29 is 19.5 Å². The van der Waals surface area contributed by atoms with E-state index in [0.717, 1.165) is 35.2 Å². The molecule has 2 amide bonds. The zero-order chi connectivity index (χ0) is 25.5. The molecule has 4 rings (SSSR count). The maximum atomic E-state index is 13.0. The highest BCUT2D eigenvalue weighted by atomic mass is 16.5. The van der Waals surface area contributed by atoms with Crippen molar-refractivity contribution in [3.8, 4) is 5.75 Å². The van der Waals surface area contributed by atoms with Gasteiger partial charge in [0.05, 0.1) is 5.52 Å². The number of pyridine rings is 1. The lowest BCUT2D eigenvalue weighted by atomic mass is 9.88. The molecule has 9 heteroatoms. The molecule has 0 radical (unpaired) electrons. The number of ether oxygens (including phenoxy) is 1. The highest BCUT2D eigenvalue weighted by Gasteiger charge is 2.31. The van der Waals surface area contributed by atoms with Crippen molar-refractivity contribution in [1.29, 1.82) is 0 Å². The summed E-state index contributed by atoms with van der Waals surface area (Å²) in [6.45, 7) is 5.04. The molecule has 2 atom stereocenters. The lowest BCUT2D eigenvalue weighted by Crippen LogP contribution is -2.52. The van der Waals surface area contributed by atoms with Crippen LogP contribution in [0.2, 0.25) is 0 Å². The maximum Gasteiger partial charge on any atom is 0.251 e. The largest absolute Gasteiger partial charge is 0.489 e. The fraction of sp³-hybridized carbons (Fsp3) is 0.370. The number of carbonyl (C=O) groups excluding carboxylic acids is 2. The number of hydrogen-bond acceptors (Lipinski definition) is 7. The molecular weight excluding hydrogens is 458 g/mol. The molecule has 1 saturated heterocycles. The van der Waals surface area contributed by atoms with Crippen LogP contribution in [0.15, 0.2) is 54.6 Å². The lowest BCUT2D eigenvalue weighted by Gasteiger charge is -2.38. The minimum Gasteiger partial charge on any atom is -0.489 e. The standard InChI is InChI=1S/C27H33N5O4/c1-18-14-21(23-4-2-3-5-25(23)29-18)17-36-22-8-6-19(7-9-22)27(34)30-24-10-12-32(13-11-28)16-20(24)15-26(33)31-35/h2-9,14,20,24,35H,10-13,15-17,28H2,1H3,(H,30,34)(H,31,33)/t20-,24+/m0/s1. The third-order valence-corrected chi connectivity index (χ3v) is 6.59. The van der Waals surface area contributed by atoms with Gasteiger partial charge in [-0.05, 0) is 49.7 Å². The fourth-order valence-electron chi connectivity index (χ4n) is 4.80. The summed E-state index contributed by atoms with van der Waals surface area (Å²) < 4.78 is 6.00. The van der Waals surface area contributed by atoms with E-state index in [9.17, 15) is 9.59 Å². The minimum atomic E-state index is -0.465. The van der Waals surface area contributed by atoms with Gasteiger partial charge in [0, 0.05) is 66.8 Å². The Hall–Kier alpha value is -3.53. The number of nitrogens with two attached hydrogens (primary N) is 1. The summed E-state index contributed by atoms with van der Waals surface area (Å²) >= 11 is 0. The van der Waals surface area contributed by atoms with Crippen molar-refractivity contribution in [3.63, 3.8) is 0 Å². The summed E-state index contributed by atoms with van der Waals surface area (Å²) in [6, 6.07) is 16.9. The molecular formula is C27H33N5O4. The molecule has 9 nitrogen and oxygen atoms in total. The van der Waals surface area contributed by atoms with Gasteiger partial charge in [0.2, 0.25) is 5.91 Å². The normalized spacial score (nSPS) is 18.1. The Balaban J connectivity index is 1.38. The first-order valence-corrected chi connectivity index (χ1v) is 12.2. The number of nitrogens with zero attached hydrogens (tertiary/aromatic N) is 2. The van der Waals surface area contributed by atoms with Crippen LogP contribution in [0.1, 0.15) is 34.5 Å². The van der Waals surface area contributed by atoms with E-state index in [1.54, 1.807) is 29.7 Å². The number of rotatable bonds is 9. The molecule has 5 N–H and O–H groups in total. The van der Waals surface area contributed by atoms with Crippen molar-refractivity contribution >= 4 is 22.7 Å². The number of fused-ring (bicyclic) bond motifs is 1. The van der Waals surface area contributed by atoms with Crippen molar-refractivity contribution in [2.45, 2.75) is 32.4 Å². The SMILES string of the molecule is Cc1cc(COc2ccc(C(=O)N[C@@H]3CCN(CCN)C[C@@H]3CC(=O)NO)cc2)c2ccccc2n1. The van der Waals surface area contributed by atoms with Gasteiger partial charge in [-0.1, -0.05) is 18.2 Å². The number of carbonyl (C=O) groups is 2. The van der Waals surface area contributed by atoms with E-state index >= 15 is 0 Å². The number of hydroxylamine groups is 1. The molecule has 1 aliphatic heterocycles. The fourth-order valence-corrected chi connectivity index (χ4v) is 4.80. The summed E-state index contributed by atoms with van der Waals surface area (Å²) in [5.41, 5.74) is 10.8. The number of benzene rings is 2. The van der Waals surface area contributed by atoms with Crippen LogP contribution >= 0.6 is 0 Å². The van der Waals surface area contributed by atoms with Crippen LogP contribution in [-0.2, 0) is 11.4 Å². The highest BCUT2D eigenvalue weighted by Crippen LogP contribution is 2.23. The van der Waals surface area contributed by atoms with Gasteiger partial charge in [-0.2, -0.15) is 0 Å². The van der Waals surface area contributed by atoms with E-state index in [1.165, 1.54) is 0 Å². The molecule has 0 aliphatic carbocycles. The molecule has 2 heterocycles. The van der Waals surface area contributed by atoms with Crippen LogP contribution in [0, 0.1) is 12.8 Å². The molecule has 190 valence electrons. The first kappa shape index (κ1) is 25.6. The average Bonchev–Trinajstić information content (AvgIpc) is 2.89. The van der Waals surface area contributed by atoms with Crippen molar-refractivity contribution in [1.82, 2.24) is 20.7 Å². The molecule has 0 bridgehead atoms. The van der Waals surface area contributed by atoms with E-state index < -0.39 is 5.91 Å². The quantitative estimate of drug-likeness (QED) is 0.267. The summed E-state index contributed by atoms with van der Waals surface area (Å²) in [5, 5.41) is 13.1. The Kier molecular flexibility index (Phi) is 8.48.